The van der Waals surface area contributed by atoms with Crippen molar-refractivity contribution in [2.45, 2.75) is 19.4 Å². The molecule has 3 N–H and O–H groups in total. The second-order valence-electron chi connectivity index (χ2n) is 6.32. The molecule has 0 saturated carbocycles. The first-order valence-corrected chi connectivity index (χ1v) is 9.08. The summed E-state index contributed by atoms with van der Waals surface area (Å²) >= 11 is 0. The van der Waals surface area contributed by atoms with E-state index in [9.17, 15) is 4.79 Å². The summed E-state index contributed by atoms with van der Waals surface area (Å²) in [6.45, 7) is 4.63. The quantitative estimate of drug-likeness (QED) is 0.646. The Balaban J connectivity index is 1.45. The minimum atomic E-state index is -0.138. The molecule has 1 amide bonds. The number of fused-ring (bicyclic) bond motifs is 1. The Kier molecular flexibility index (Phi) is 6.23. The largest absolute Gasteiger partial charge is 0.470 e. The van der Waals surface area contributed by atoms with Crippen molar-refractivity contribution in [2.75, 3.05) is 31.5 Å². The molecule has 1 aromatic heterocycles. The van der Waals surface area contributed by atoms with E-state index in [1.807, 2.05) is 31.2 Å². The molecule has 7 nitrogen and oxygen atoms in total. The highest BCUT2D eigenvalue weighted by atomic mass is 16.5. The summed E-state index contributed by atoms with van der Waals surface area (Å²) in [5, 5.41) is 18.2. The first-order chi connectivity index (χ1) is 13.2. The molecular weight excluding hydrogens is 342 g/mol. The number of benzene rings is 1. The second-order valence-corrected chi connectivity index (χ2v) is 6.32. The topological polar surface area (TPSA) is 99.1 Å². The van der Waals surface area contributed by atoms with Crippen LogP contribution >= 0.6 is 0 Å². The fourth-order valence-electron chi connectivity index (χ4n) is 2.84. The van der Waals surface area contributed by atoms with E-state index in [0.717, 1.165) is 18.7 Å². The molecule has 0 aliphatic carbocycles. The molecule has 0 spiro atoms. The van der Waals surface area contributed by atoms with Crippen LogP contribution < -0.4 is 20.7 Å². The lowest BCUT2D eigenvalue weighted by molar-refractivity contribution is 0.0955. The number of ether oxygens (including phenoxy) is 1. The van der Waals surface area contributed by atoms with Crippen molar-refractivity contribution in [3.05, 3.63) is 53.2 Å². The predicted octanol–water partition coefficient (Wildman–Crippen LogP) is 1.71. The third kappa shape index (κ3) is 4.96. The van der Waals surface area contributed by atoms with Gasteiger partial charge in [0.1, 0.15) is 6.10 Å². The van der Waals surface area contributed by atoms with Crippen LogP contribution in [0.3, 0.4) is 0 Å². The molecule has 1 aliphatic rings. The lowest BCUT2D eigenvalue weighted by Gasteiger charge is -2.27. The molecule has 0 fully saturated rings. The molecule has 2 heterocycles. The van der Waals surface area contributed by atoms with Gasteiger partial charge in [-0.3, -0.25) is 4.79 Å². The van der Waals surface area contributed by atoms with E-state index in [0.29, 0.717) is 36.6 Å². The number of rotatable bonds is 7. The van der Waals surface area contributed by atoms with Crippen LogP contribution in [0.4, 0.5) is 5.69 Å². The molecule has 0 bridgehead atoms. The first-order valence-electron chi connectivity index (χ1n) is 9.08. The number of carbonyl (C=O) groups excluding carboxylic acids is 1. The van der Waals surface area contributed by atoms with Crippen LogP contribution in [0.15, 0.2) is 36.5 Å². The van der Waals surface area contributed by atoms with E-state index >= 15 is 0 Å². The van der Waals surface area contributed by atoms with Crippen LogP contribution in [0, 0.1) is 11.3 Å². The average molecular weight is 365 g/mol. The lowest BCUT2D eigenvalue weighted by atomic mass is 10.1. The Morgan fingerprint density at radius 2 is 2.22 bits per heavy atom. The average Bonchev–Trinajstić information content (AvgIpc) is 2.71. The number of anilines is 1. The Bertz CT molecular complexity index is 829. The van der Waals surface area contributed by atoms with E-state index in [1.54, 1.807) is 6.07 Å². The Hall–Kier alpha value is -3.11. The summed E-state index contributed by atoms with van der Waals surface area (Å²) in [7, 11) is 0. The van der Waals surface area contributed by atoms with Gasteiger partial charge in [0, 0.05) is 19.3 Å². The molecule has 7 heteroatoms. The van der Waals surface area contributed by atoms with Crippen molar-refractivity contribution in [3.8, 4) is 11.9 Å². The Morgan fingerprint density at radius 1 is 1.41 bits per heavy atom. The van der Waals surface area contributed by atoms with Gasteiger partial charge in [-0.1, -0.05) is 12.1 Å². The maximum atomic E-state index is 11.9. The highest BCUT2D eigenvalue weighted by molar-refractivity contribution is 5.95. The summed E-state index contributed by atoms with van der Waals surface area (Å²) in [6.07, 6.45) is 2.39. The van der Waals surface area contributed by atoms with E-state index in [2.05, 4.69) is 27.0 Å². The number of nitriles is 1. The summed E-state index contributed by atoms with van der Waals surface area (Å²) in [6, 6.07) is 11.5. The number of aromatic nitrogens is 1. The zero-order valence-corrected chi connectivity index (χ0v) is 15.3. The molecule has 0 saturated heterocycles. The van der Waals surface area contributed by atoms with Crippen molar-refractivity contribution in [1.29, 1.82) is 5.26 Å². The molecule has 2 aromatic rings. The number of nitrogens with one attached hydrogen (secondary N) is 3. The molecular formula is C20H23N5O2. The SMILES string of the molecule is CCNC(=O)c1cnc2c(c1)NCC(CNCCc1ccc(C#N)cc1)O2. The number of pyridine rings is 1. The van der Waals surface area contributed by atoms with Gasteiger partial charge in [-0.05, 0) is 43.7 Å². The Labute approximate surface area is 158 Å². The molecule has 1 atom stereocenters. The number of nitrogens with zero attached hydrogens (tertiary/aromatic N) is 2. The van der Waals surface area contributed by atoms with Crippen molar-refractivity contribution < 1.29 is 9.53 Å². The predicted molar refractivity (Wildman–Crippen MR) is 103 cm³/mol. The molecule has 1 aromatic carbocycles. The van der Waals surface area contributed by atoms with Gasteiger partial charge < -0.3 is 20.7 Å². The van der Waals surface area contributed by atoms with Crippen molar-refractivity contribution in [3.63, 3.8) is 0 Å². The normalized spacial score (nSPS) is 15.0. The highest BCUT2D eigenvalue weighted by Gasteiger charge is 2.21. The number of hydrogen-bond acceptors (Lipinski definition) is 6. The fraction of sp³-hybridized carbons (Fsp3) is 0.350. The van der Waals surface area contributed by atoms with Crippen LogP contribution in [0.2, 0.25) is 0 Å². The van der Waals surface area contributed by atoms with Crippen LogP contribution in [-0.2, 0) is 6.42 Å². The maximum absolute atomic E-state index is 11.9. The number of carbonyl (C=O) groups is 1. The van der Waals surface area contributed by atoms with Crippen molar-refractivity contribution >= 4 is 11.6 Å². The van der Waals surface area contributed by atoms with Crippen LogP contribution in [0.5, 0.6) is 5.88 Å². The van der Waals surface area contributed by atoms with Gasteiger partial charge in [0.2, 0.25) is 5.88 Å². The highest BCUT2D eigenvalue weighted by Crippen LogP contribution is 2.27. The maximum Gasteiger partial charge on any atom is 0.252 e. The number of amides is 1. The third-order valence-corrected chi connectivity index (χ3v) is 4.29. The fourth-order valence-corrected chi connectivity index (χ4v) is 2.84. The summed E-state index contributed by atoms with van der Waals surface area (Å²) in [5.41, 5.74) is 3.13. The molecule has 140 valence electrons. The monoisotopic (exact) mass is 365 g/mol. The minimum absolute atomic E-state index is 0.0266. The van der Waals surface area contributed by atoms with Gasteiger partial charge in [-0.25, -0.2) is 4.98 Å². The number of hydrogen-bond donors (Lipinski definition) is 3. The van der Waals surface area contributed by atoms with Crippen LogP contribution in [0.1, 0.15) is 28.4 Å². The van der Waals surface area contributed by atoms with E-state index in [-0.39, 0.29) is 12.0 Å². The molecule has 0 radical (unpaired) electrons. The first kappa shape index (κ1) is 18.7. The van der Waals surface area contributed by atoms with Crippen molar-refractivity contribution in [2.24, 2.45) is 0 Å². The summed E-state index contributed by atoms with van der Waals surface area (Å²) in [5.74, 6) is 0.384. The molecule has 1 aliphatic heterocycles. The molecule has 27 heavy (non-hydrogen) atoms. The van der Waals surface area contributed by atoms with E-state index in [4.69, 9.17) is 10.00 Å². The summed E-state index contributed by atoms with van der Waals surface area (Å²) < 4.78 is 5.91. The van der Waals surface area contributed by atoms with Gasteiger partial charge in [0.05, 0.1) is 29.4 Å². The van der Waals surface area contributed by atoms with E-state index < -0.39 is 0 Å². The zero-order chi connectivity index (χ0) is 19.1. The Morgan fingerprint density at radius 3 is 2.96 bits per heavy atom. The zero-order valence-electron chi connectivity index (χ0n) is 15.3. The molecule has 3 rings (SSSR count). The van der Waals surface area contributed by atoms with Crippen LogP contribution in [-0.4, -0.2) is 43.2 Å². The van der Waals surface area contributed by atoms with Crippen LogP contribution in [0.25, 0.3) is 0 Å². The smallest absolute Gasteiger partial charge is 0.252 e. The van der Waals surface area contributed by atoms with Gasteiger partial charge in [-0.15, -0.1) is 0 Å². The standard InChI is InChI=1S/C20H23N5O2/c1-2-23-19(26)16-9-18-20(25-11-16)27-17(13-24-18)12-22-8-7-14-3-5-15(10-21)6-4-14/h3-6,9,11,17,22,24H,2,7-8,12-13H2,1H3,(H,23,26). The lowest BCUT2D eigenvalue weighted by Crippen LogP contribution is -2.40. The van der Waals surface area contributed by atoms with E-state index in [1.165, 1.54) is 11.8 Å². The minimum Gasteiger partial charge on any atom is -0.470 e. The second kappa shape index (κ2) is 9.01. The summed E-state index contributed by atoms with van der Waals surface area (Å²) in [4.78, 5) is 16.1. The van der Waals surface area contributed by atoms with Gasteiger partial charge in [0.25, 0.3) is 5.91 Å². The van der Waals surface area contributed by atoms with Crippen molar-refractivity contribution in [1.82, 2.24) is 15.6 Å². The van der Waals surface area contributed by atoms with Gasteiger partial charge in [-0.2, -0.15) is 5.26 Å². The molecule has 1 unspecified atom stereocenters. The third-order valence-electron chi connectivity index (χ3n) is 4.29. The van der Waals surface area contributed by atoms with Gasteiger partial charge >= 0.3 is 0 Å². The van der Waals surface area contributed by atoms with Gasteiger partial charge in [0.15, 0.2) is 0 Å².